The lowest BCUT2D eigenvalue weighted by atomic mass is 9.98. The molecule has 1 aromatic heterocycles. The van der Waals surface area contributed by atoms with Gasteiger partial charge in [0.25, 0.3) is 11.8 Å². The minimum atomic E-state index is -3.65. The zero-order chi connectivity index (χ0) is 20.6. The van der Waals surface area contributed by atoms with Gasteiger partial charge < -0.3 is 20.4 Å². The summed E-state index contributed by atoms with van der Waals surface area (Å²) in [5, 5.41) is 5.82. The van der Waals surface area contributed by atoms with Crippen LogP contribution in [0.3, 0.4) is 0 Å². The molecule has 1 aromatic rings. The lowest BCUT2D eigenvalue weighted by molar-refractivity contribution is -0.117. The zero-order valence-corrected chi connectivity index (χ0v) is 17.4. The first-order valence-electron chi connectivity index (χ1n) is 10.2. The molecule has 9 heteroatoms. The second-order valence-electron chi connectivity index (χ2n) is 8.04. The first kappa shape index (κ1) is 20.0. The van der Waals surface area contributed by atoms with Gasteiger partial charge in [-0.1, -0.05) is 0 Å². The van der Waals surface area contributed by atoms with Crippen molar-refractivity contribution in [3.05, 3.63) is 33.7 Å². The molecule has 2 amide bonds. The Bertz CT molecular complexity index is 939. The molecule has 0 saturated heterocycles. The van der Waals surface area contributed by atoms with Gasteiger partial charge in [-0.05, 0) is 63.5 Å². The Morgan fingerprint density at radius 1 is 1.07 bits per heavy atom. The third-order valence-electron chi connectivity index (χ3n) is 6.02. The predicted octanol–water partition coefficient (Wildman–Crippen LogP) is 1.34. The third-order valence-corrected chi connectivity index (χ3v) is 7.81. The Labute approximate surface area is 170 Å². The Balaban J connectivity index is 1.43. The van der Waals surface area contributed by atoms with Crippen molar-refractivity contribution in [2.75, 3.05) is 12.4 Å². The van der Waals surface area contributed by atoms with Gasteiger partial charge in [-0.15, -0.1) is 0 Å². The summed E-state index contributed by atoms with van der Waals surface area (Å²) >= 11 is 0. The van der Waals surface area contributed by atoms with Gasteiger partial charge in [0.1, 0.15) is 18.1 Å². The number of H-pyrrole nitrogens is 1. The van der Waals surface area contributed by atoms with Gasteiger partial charge in [0, 0.05) is 17.8 Å². The molecule has 0 unspecified atom stereocenters. The highest BCUT2D eigenvalue weighted by atomic mass is 32.2. The van der Waals surface area contributed by atoms with E-state index in [0.29, 0.717) is 12.1 Å². The first-order valence-corrected chi connectivity index (χ1v) is 11.9. The molecule has 0 bridgehead atoms. The van der Waals surface area contributed by atoms with Crippen LogP contribution in [0, 0.1) is 0 Å². The van der Waals surface area contributed by atoms with Crippen LogP contribution in [0.15, 0.2) is 16.7 Å². The van der Waals surface area contributed by atoms with Gasteiger partial charge in [0.2, 0.25) is 0 Å². The third kappa shape index (κ3) is 4.05. The minimum absolute atomic E-state index is 0.0627. The lowest BCUT2D eigenvalue weighted by Gasteiger charge is -2.24. The van der Waals surface area contributed by atoms with Gasteiger partial charge in [-0.3, -0.25) is 9.59 Å². The lowest BCUT2D eigenvalue weighted by Crippen LogP contribution is -2.49. The van der Waals surface area contributed by atoms with E-state index in [0.717, 1.165) is 44.2 Å². The second kappa shape index (κ2) is 7.85. The molecule has 1 fully saturated rings. The standard InChI is InChI=1S/C20H27N3O5S/c1-12-18(29(26,27)10-9-28-12)20(25)23-16-8-4-7-15(16)22-19(24)17-11-13-5-2-3-6-14(13)21-17/h11,15-16,21H,2-10H2,1H3,(H,22,24)(H,23,25)/t15-,16+/m0/s1. The van der Waals surface area contributed by atoms with Crippen LogP contribution in [0.5, 0.6) is 0 Å². The highest BCUT2D eigenvalue weighted by Gasteiger charge is 2.36. The van der Waals surface area contributed by atoms with Crippen LogP contribution < -0.4 is 10.6 Å². The molecule has 1 aliphatic heterocycles. The van der Waals surface area contributed by atoms with Gasteiger partial charge >= 0.3 is 0 Å². The molecule has 4 rings (SSSR count). The smallest absolute Gasteiger partial charge is 0.267 e. The molecular weight excluding hydrogens is 394 g/mol. The van der Waals surface area contributed by atoms with E-state index in [-0.39, 0.29) is 41.0 Å². The molecule has 8 nitrogen and oxygen atoms in total. The number of aryl methyl sites for hydroxylation is 2. The topological polar surface area (TPSA) is 117 Å². The molecule has 2 atom stereocenters. The quantitative estimate of drug-likeness (QED) is 0.678. The molecule has 3 aliphatic rings. The fraction of sp³-hybridized carbons (Fsp3) is 0.600. The Hall–Kier alpha value is -2.29. The number of ether oxygens (including phenoxy) is 1. The molecular formula is C20H27N3O5S. The molecule has 1 saturated carbocycles. The summed E-state index contributed by atoms with van der Waals surface area (Å²) in [6, 6.07) is 1.38. The fourth-order valence-electron chi connectivity index (χ4n) is 4.50. The molecule has 0 spiro atoms. The second-order valence-corrected chi connectivity index (χ2v) is 10.1. The fourth-order valence-corrected chi connectivity index (χ4v) is 5.85. The maximum atomic E-state index is 12.7. The predicted molar refractivity (Wildman–Crippen MR) is 107 cm³/mol. The number of aromatic nitrogens is 1. The van der Waals surface area contributed by atoms with Crippen LogP contribution in [0.25, 0.3) is 0 Å². The number of hydrogen-bond acceptors (Lipinski definition) is 5. The molecule has 2 aliphatic carbocycles. The van der Waals surface area contributed by atoms with Crippen molar-refractivity contribution in [1.29, 1.82) is 0 Å². The SMILES string of the molecule is CC1=C(C(=O)N[C@@H]2CCC[C@@H]2NC(=O)c2cc3c([nH]2)CCCC3)S(=O)(=O)CCO1. The Morgan fingerprint density at radius 3 is 2.45 bits per heavy atom. The van der Waals surface area contributed by atoms with E-state index in [9.17, 15) is 18.0 Å². The van der Waals surface area contributed by atoms with Crippen molar-refractivity contribution in [3.8, 4) is 0 Å². The van der Waals surface area contributed by atoms with Crippen LogP contribution in [-0.2, 0) is 32.2 Å². The van der Waals surface area contributed by atoms with Gasteiger partial charge in [0.05, 0.1) is 5.75 Å². The number of carbonyl (C=O) groups excluding carboxylic acids is 2. The van der Waals surface area contributed by atoms with Crippen molar-refractivity contribution >= 4 is 21.7 Å². The highest BCUT2D eigenvalue weighted by molar-refractivity contribution is 7.96. The largest absolute Gasteiger partial charge is 0.496 e. The number of rotatable bonds is 4. The molecule has 2 heterocycles. The van der Waals surface area contributed by atoms with Crippen LogP contribution in [0.4, 0.5) is 0 Å². The summed E-state index contributed by atoms with van der Waals surface area (Å²) < 4.78 is 29.8. The number of amides is 2. The van der Waals surface area contributed by atoms with Crippen molar-refractivity contribution in [1.82, 2.24) is 15.6 Å². The summed E-state index contributed by atoms with van der Waals surface area (Å²) in [6.45, 7) is 1.56. The van der Waals surface area contributed by atoms with Gasteiger partial charge in [-0.25, -0.2) is 8.42 Å². The van der Waals surface area contributed by atoms with E-state index in [1.165, 1.54) is 12.5 Å². The molecule has 0 aromatic carbocycles. The Morgan fingerprint density at radius 2 is 1.76 bits per heavy atom. The van der Waals surface area contributed by atoms with Crippen LogP contribution in [-0.4, -0.2) is 49.7 Å². The number of sulfone groups is 1. The van der Waals surface area contributed by atoms with Crippen LogP contribution in [0.2, 0.25) is 0 Å². The van der Waals surface area contributed by atoms with Gasteiger partial charge in [0.15, 0.2) is 14.7 Å². The highest BCUT2D eigenvalue weighted by Crippen LogP contribution is 2.25. The number of aromatic amines is 1. The summed E-state index contributed by atoms with van der Waals surface area (Å²) in [7, 11) is -3.65. The average Bonchev–Trinajstić information content (AvgIpc) is 3.27. The van der Waals surface area contributed by atoms with Crippen molar-refractivity contribution < 1.29 is 22.7 Å². The van der Waals surface area contributed by atoms with E-state index in [1.807, 2.05) is 6.07 Å². The number of allylic oxidation sites excluding steroid dienone is 1. The number of nitrogens with one attached hydrogen (secondary N) is 3. The van der Waals surface area contributed by atoms with Crippen LogP contribution >= 0.6 is 0 Å². The molecule has 0 radical (unpaired) electrons. The normalized spacial score (nSPS) is 25.8. The summed E-state index contributed by atoms with van der Waals surface area (Å²) in [6.07, 6.45) is 6.50. The van der Waals surface area contributed by atoms with E-state index in [1.54, 1.807) is 0 Å². The number of fused-ring (bicyclic) bond motifs is 1. The van der Waals surface area contributed by atoms with Gasteiger partial charge in [-0.2, -0.15) is 0 Å². The Kier molecular flexibility index (Phi) is 5.42. The van der Waals surface area contributed by atoms with E-state index in [4.69, 9.17) is 4.74 Å². The number of hydrogen-bond donors (Lipinski definition) is 3. The minimum Gasteiger partial charge on any atom is -0.496 e. The van der Waals surface area contributed by atoms with Crippen molar-refractivity contribution in [3.63, 3.8) is 0 Å². The number of carbonyl (C=O) groups is 2. The molecule has 158 valence electrons. The van der Waals surface area contributed by atoms with Crippen molar-refractivity contribution in [2.45, 2.75) is 64.0 Å². The van der Waals surface area contributed by atoms with E-state index < -0.39 is 15.7 Å². The van der Waals surface area contributed by atoms with Crippen LogP contribution in [0.1, 0.15) is 60.8 Å². The maximum Gasteiger partial charge on any atom is 0.267 e. The van der Waals surface area contributed by atoms with Crippen molar-refractivity contribution in [2.24, 2.45) is 0 Å². The molecule has 29 heavy (non-hydrogen) atoms. The average molecular weight is 422 g/mol. The molecule has 3 N–H and O–H groups in total. The first-order chi connectivity index (χ1) is 13.8. The summed E-state index contributed by atoms with van der Waals surface area (Å²) in [4.78, 5) is 28.3. The van der Waals surface area contributed by atoms with E-state index >= 15 is 0 Å². The maximum absolute atomic E-state index is 12.7. The zero-order valence-electron chi connectivity index (χ0n) is 16.5. The summed E-state index contributed by atoms with van der Waals surface area (Å²) in [5.74, 6) is -0.905. The summed E-state index contributed by atoms with van der Waals surface area (Å²) in [5.41, 5.74) is 2.90. The van der Waals surface area contributed by atoms with E-state index in [2.05, 4.69) is 15.6 Å². The monoisotopic (exact) mass is 421 g/mol.